The first-order chi connectivity index (χ1) is 8.88. The largest absolute Gasteiger partial charge is 0.418 e. The molecule has 1 aromatic heterocycles. The monoisotopic (exact) mass is 273 g/mol. The summed E-state index contributed by atoms with van der Waals surface area (Å²) in [6, 6.07) is 0. The summed E-state index contributed by atoms with van der Waals surface area (Å²) in [4.78, 5) is 4.00. The molecule has 0 spiro atoms. The summed E-state index contributed by atoms with van der Waals surface area (Å²) in [5.41, 5.74) is 1.19. The van der Waals surface area contributed by atoms with Crippen molar-refractivity contribution in [3.05, 3.63) is 28.6 Å². The van der Waals surface area contributed by atoms with Crippen molar-refractivity contribution < 1.29 is 13.2 Å². The molecule has 108 valence electrons. The molecule has 1 aromatic rings. The molecule has 0 amide bonds. The number of rotatable bonds is 6. The Morgan fingerprint density at radius 3 is 2.21 bits per heavy atom. The minimum Gasteiger partial charge on any atom is -0.260 e. The van der Waals surface area contributed by atoms with Gasteiger partial charge in [-0.1, -0.05) is 32.6 Å². The smallest absolute Gasteiger partial charge is 0.260 e. The SMILES string of the molecule is CCCCCCCc1ncc(C(F)(F)F)c(C)c1C. The maximum atomic E-state index is 12.7. The van der Waals surface area contributed by atoms with E-state index in [9.17, 15) is 13.2 Å². The maximum absolute atomic E-state index is 12.7. The van der Waals surface area contributed by atoms with E-state index in [1.165, 1.54) is 26.2 Å². The van der Waals surface area contributed by atoms with Crippen molar-refractivity contribution in [1.82, 2.24) is 4.98 Å². The predicted octanol–water partition coefficient (Wildman–Crippen LogP) is 5.23. The molecule has 0 aliphatic heterocycles. The Kier molecular flexibility index (Phi) is 5.83. The third-order valence-electron chi connectivity index (χ3n) is 3.57. The molecule has 0 N–H and O–H groups in total. The first-order valence-electron chi connectivity index (χ1n) is 6.90. The van der Waals surface area contributed by atoms with E-state index in [1.54, 1.807) is 6.92 Å². The van der Waals surface area contributed by atoms with E-state index in [2.05, 4.69) is 11.9 Å². The molecular weight excluding hydrogens is 251 g/mol. The summed E-state index contributed by atoms with van der Waals surface area (Å²) in [5, 5.41) is 0. The first-order valence-corrected chi connectivity index (χ1v) is 6.90. The fourth-order valence-electron chi connectivity index (χ4n) is 2.19. The average Bonchev–Trinajstić information content (AvgIpc) is 2.32. The van der Waals surface area contributed by atoms with Crippen LogP contribution in [0, 0.1) is 13.8 Å². The zero-order valence-electron chi connectivity index (χ0n) is 11.9. The second-order valence-electron chi connectivity index (χ2n) is 5.03. The topological polar surface area (TPSA) is 12.9 Å². The highest BCUT2D eigenvalue weighted by Crippen LogP contribution is 2.33. The number of alkyl halides is 3. The van der Waals surface area contributed by atoms with Crippen LogP contribution in [0.2, 0.25) is 0 Å². The van der Waals surface area contributed by atoms with Crippen LogP contribution < -0.4 is 0 Å². The maximum Gasteiger partial charge on any atom is 0.418 e. The Balaban J connectivity index is 2.69. The standard InChI is InChI=1S/C15H22F3N/c1-4-5-6-7-8-9-14-12(3)11(2)13(10-19-14)15(16,17)18/h10H,4-9H2,1-3H3. The van der Waals surface area contributed by atoms with Gasteiger partial charge in [0.15, 0.2) is 0 Å². The van der Waals surface area contributed by atoms with Crippen molar-refractivity contribution in [3.8, 4) is 0 Å². The summed E-state index contributed by atoms with van der Waals surface area (Å²) in [6.45, 7) is 5.42. The number of unbranched alkanes of at least 4 members (excludes halogenated alkanes) is 4. The molecular formula is C15H22F3N. The highest BCUT2D eigenvalue weighted by atomic mass is 19.4. The number of nitrogens with zero attached hydrogens (tertiary/aromatic N) is 1. The van der Waals surface area contributed by atoms with Crippen molar-refractivity contribution >= 4 is 0 Å². The van der Waals surface area contributed by atoms with Gasteiger partial charge in [0.25, 0.3) is 0 Å². The first kappa shape index (κ1) is 16.0. The Hall–Kier alpha value is -1.06. The summed E-state index contributed by atoms with van der Waals surface area (Å²) >= 11 is 0. The Morgan fingerprint density at radius 2 is 1.63 bits per heavy atom. The highest BCUT2D eigenvalue weighted by molar-refractivity contribution is 5.36. The number of hydrogen-bond acceptors (Lipinski definition) is 1. The lowest BCUT2D eigenvalue weighted by Crippen LogP contribution is -2.11. The van der Waals surface area contributed by atoms with E-state index in [4.69, 9.17) is 0 Å². The lowest BCUT2D eigenvalue weighted by atomic mass is 10.00. The minimum atomic E-state index is -4.30. The normalized spacial score (nSPS) is 11.9. The van der Waals surface area contributed by atoms with Gasteiger partial charge < -0.3 is 0 Å². The van der Waals surface area contributed by atoms with Gasteiger partial charge in [-0.2, -0.15) is 13.2 Å². The molecule has 0 fully saturated rings. The molecule has 0 aliphatic rings. The number of hydrogen-bond donors (Lipinski definition) is 0. The van der Waals surface area contributed by atoms with Crippen molar-refractivity contribution in [2.24, 2.45) is 0 Å². The molecule has 0 unspecified atom stereocenters. The number of pyridine rings is 1. The van der Waals surface area contributed by atoms with Gasteiger partial charge in [0.1, 0.15) is 0 Å². The summed E-state index contributed by atoms with van der Waals surface area (Å²) < 4.78 is 38.1. The van der Waals surface area contributed by atoms with Crippen LogP contribution in [0.25, 0.3) is 0 Å². The summed E-state index contributed by atoms with van der Waals surface area (Å²) in [7, 11) is 0. The second-order valence-corrected chi connectivity index (χ2v) is 5.03. The molecule has 0 atom stereocenters. The third kappa shape index (κ3) is 4.51. The molecule has 4 heteroatoms. The van der Waals surface area contributed by atoms with Gasteiger partial charge in [-0.15, -0.1) is 0 Å². The number of halogens is 3. The third-order valence-corrected chi connectivity index (χ3v) is 3.57. The van der Waals surface area contributed by atoms with Gasteiger partial charge in [0.2, 0.25) is 0 Å². The summed E-state index contributed by atoms with van der Waals surface area (Å²) in [6.07, 6.45) is 3.16. The number of aromatic nitrogens is 1. The van der Waals surface area contributed by atoms with E-state index in [0.29, 0.717) is 11.1 Å². The van der Waals surface area contributed by atoms with Crippen LogP contribution in [-0.2, 0) is 12.6 Å². The van der Waals surface area contributed by atoms with Crippen molar-refractivity contribution in [3.63, 3.8) is 0 Å². The van der Waals surface area contributed by atoms with Crippen LogP contribution in [-0.4, -0.2) is 4.98 Å². The fraction of sp³-hybridized carbons (Fsp3) is 0.667. The highest BCUT2D eigenvalue weighted by Gasteiger charge is 2.33. The predicted molar refractivity (Wildman–Crippen MR) is 71.2 cm³/mol. The number of aryl methyl sites for hydroxylation is 1. The Bertz CT molecular complexity index is 411. The zero-order valence-corrected chi connectivity index (χ0v) is 11.9. The summed E-state index contributed by atoms with van der Waals surface area (Å²) in [5.74, 6) is 0. The van der Waals surface area contributed by atoms with Gasteiger partial charge in [-0.25, -0.2) is 0 Å². The van der Waals surface area contributed by atoms with Crippen LogP contribution in [0.15, 0.2) is 6.20 Å². The van der Waals surface area contributed by atoms with Gasteiger partial charge in [0, 0.05) is 11.9 Å². The van der Waals surface area contributed by atoms with Crippen LogP contribution >= 0.6 is 0 Å². The Morgan fingerprint density at radius 1 is 1.00 bits per heavy atom. The van der Waals surface area contributed by atoms with Crippen molar-refractivity contribution in [1.29, 1.82) is 0 Å². The lowest BCUT2D eigenvalue weighted by molar-refractivity contribution is -0.138. The van der Waals surface area contributed by atoms with E-state index in [-0.39, 0.29) is 0 Å². The Labute approximate surface area is 113 Å². The molecule has 0 aliphatic carbocycles. The van der Waals surface area contributed by atoms with Gasteiger partial charge >= 0.3 is 6.18 Å². The van der Waals surface area contributed by atoms with Crippen LogP contribution in [0.4, 0.5) is 13.2 Å². The second kappa shape index (κ2) is 6.92. The molecule has 0 saturated carbocycles. The molecule has 0 aromatic carbocycles. The van der Waals surface area contributed by atoms with E-state index in [1.807, 2.05) is 0 Å². The van der Waals surface area contributed by atoms with Crippen LogP contribution in [0.1, 0.15) is 61.4 Å². The molecule has 0 radical (unpaired) electrons. The minimum absolute atomic E-state index is 0.311. The molecule has 0 bridgehead atoms. The van der Waals surface area contributed by atoms with E-state index >= 15 is 0 Å². The molecule has 1 rings (SSSR count). The molecule has 1 nitrogen and oxygen atoms in total. The van der Waals surface area contributed by atoms with Gasteiger partial charge in [0.05, 0.1) is 5.56 Å². The molecule has 0 saturated heterocycles. The molecule has 19 heavy (non-hydrogen) atoms. The van der Waals surface area contributed by atoms with Gasteiger partial charge in [-0.05, 0) is 37.8 Å². The van der Waals surface area contributed by atoms with Crippen molar-refractivity contribution in [2.75, 3.05) is 0 Å². The fourth-order valence-corrected chi connectivity index (χ4v) is 2.19. The van der Waals surface area contributed by atoms with Crippen LogP contribution in [0.5, 0.6) is 0 Å². The van der Waals surface area contributed by atoms with E-state index in [0.717, 1.165) is 31.2 Å². The zero-order chi connectivity index (χ0) is 14.5. The lowest BCUT2D eigenvalue weighted by Gasteiger charge is -2.14. The van der Waals surface area contributed by atoms with Crippen molar-refractivity contribution in [2.45, 2.75) is 65.5 Å². The molecule has 1 heterocycles. The average molecular weight is 273 g/mol. The van der Waals surface area contributed by atoms with E-state index < -0.39 is 11.7 Å². The van der Waals surface area contributed by atoms with Gasteiger partial charge in [-0.3, -0.25) is 4.98 Å². The van der Waals surface area contributed by atoms with Crippen LogP contribution in [0.3, 0.4) is 0 Å². The quantitative estimate of drug-likeness (QED) is 0.647.